The van der Waals surface area contributed by atoms with Crippen LogP contribution in [0.4, 0.5) is 11.8 Å². The van der Waals surface area contributed by atoms with E-state index in [0.29, 0.717) is 44.1 Å². The predicted octanol–water partition coefficient (Wildman–Crippen LogP) is 0.970. The molecule has 0 amide bonds. The Hall–Kier alpha value is -2.26. The fourth-order valence-electron chi connectivity index (χ4n) is 3.48. The number of aromatic nitrogens is 5. The normalized spacial score (nSPS) is 20.3. The lowest BCUT2D eigenvalue weighted by molar-refractivity contribution is 0.140. The second-order valence-corrected chi connectivity index (χ2v) is 7.67. The lowest BCUT2D eigenvalue weighted by atomic mass is 10.0. The minimum atomic E-state index is -0.294. The average molecular weight is 373 g/mol. The molecule has 146 valence electrons. The number of nitrogens with zero attached hydrogens (tertiary/aromatic N) is 7. The van der Waals surface area contributed by atoms with Gasteiger partial charge in [0.05, 0.1) is 24.9 Å². The zero-order chi connectivity index (χ0) is 19.0. The van der Waals surface area contributed by atoms with E-state index < -0.39 is 0 Å². The molecule has 9 nitrogen and oxygen atoms in total. The number of aliphatic hydroxyl groups is 1. The summed E-state index contributed by atoms with van der Waals surface area (Å²) in [5.41, 5.74) is 1.01. The maximum absolute atomic E-state index is 9.65. The topological polar surface area (TPSA) is 92.4 Å². The van der Waals surface area contributed by atoms with Crippen LogP contribution in [0.5, 0.6) is 0 Å². The molecule has 27 heavy (non-hydrogen) atoms. The van der Waals surface area contributed by atoms with Crippen molar-refractivity contribution in [2.24, 2.45) is 0 Å². The third-order valence-corrected chi connectivity index (χ3v) is 5.19. The molecular formula is C18H27N7O2. The van der Waals surface area contributed by atoms with Gasteiger partial charge in [-0.15, -0.1) is 10.2 Å². The maximum atomic E-state index is 9.65. The van der Waals surface area contributed by atoms with Crippen LogP contribution in [-0.2, 0) is 11.3 Å². The molecule has 0 bridgehead atoms. The first-order valence-electron chi connectivity index (χ1n) is 9.50. The third kappa shape index (κ3) is 3.74. The van der Waals surface area contributed by atoms with Gasteiger partial charge < -0.3 is 24.2 Å². The molecule has 9 heteroatoms. The second kappa shape index (κ2) is 7.40. The summed E-state index contributed by atoms with van der Waals surface area (Å²) in [4.78, 5) is 13.6. The summed E-state index contributed by atoms with van der Waals surface area (Å²) in [7, 11) is 2.01. The Labute approximate surface area is 159 Å². The summed E-state index contributed by atoms with van der Waals surface area (Å²) in [6.45, 7) is 7.47. The van der Waals surface area contributed by atoms with E-state index in [1.807, 2.05) is 11.9 Å². The summed E-state index contributed by atoms with van der Waals surface area (Å²) in [5, 5.41) is 18.0. The number of hydrogen-bond donors (Lipinski definition) is 1. The molecule has 0 unspecified atom stereocenters. The molecular weight excluding hydrogens is 346 g/mol. The number of hydrogen-bond acceptors (Lipinski definition) is 8. The fourth-order valence-corrected chi connectivity index (χ4v) is 3.48. The van der Waals surface area contributed by atoms with Crippen LogP contribution in [0.15, 0.2) is 12.4 Å². The highest BCUT2D eigenvalue weighted by Gasteiger charge is 2.29. The van der Waals surface area contributed by atoms with E-state index in [0.717, 1.165) is 30.4 Å². The quantitative estimate of drug-likeness (QED) is 0.801. The van der Waals surface area contributed by atoms with E-state index in [4.69, 9.17) is 14.7 Å². The van der Waals surface area contributed by atoms with Gasteiger partial charge in [-0.05, 0) is 20.3 Å². The van der Waals surface area contributed by atoms with Crippen molar-refractivity contribution in [2.75, 3.05) is 43.2 Å². The summed E-state index contributed by atoms with van der Waals surface area (Å²) < 4.78 is 7.61. The Balaban J connectivity index is 1.60. The van der Waals surface area contributed by atoms with Gasteiger partial charge in [0, 0.05) is 44.8 Å². The highest BCUT2D eigenvalue weighted by Crippen LogP contribution is 2.29. The summed E-state index contributed by atoms with van der Waals surface area (Å²) in [6, 6.07) is 2.35. The van der Waals surface area contributed by atoms with Gasteiger partial charge in [-0.1, -0.05) is 0 Å². The van der Waals surface area contributed by atoms with Gasteiger partial charge in [0.2, 0.25) is 5.95 Å². The average Bonchev–Trinajstić information content (AvgIpc) is 3.30. The molecule has 2 aliphatic rings. The van der Waals surface area contributed by atoms with Crippen LogP contribution >= 0.6 is 0 Å². The molecule has 2 aliphatic heterocycles. The van der Waals surface area contributed by atoms with Crippen molar-refractivity contribution in [1.82, 2.24) is 24.7 Å². The Kier molecular flexibility index (Phi) is 4.96. The van der Waals surface area contributed by atoms with Crippen molar-refractivity contribution in [3.05, 3.63) is 23.9 Å². The SMILES string of the molecule is CC(C)n1cnnc1CN(C)c1cc([C@H]2CCOC2)nc(N2CC(O)C2)n1. The van der Waals surface area contributed by atoms with E-state index in [1.54, 1.807) is 6.33 Å². The molecule has 0 saturated carbocycles. The summed E-state index contributed by atoms with van der Waals surface area (Å²) in [5.74, 6) is 2.72. The van der Waals surface area contributed by atoms with Crippen LogP contribution < -0.4 is 9.80 Å². The van der Waals surface area contributed by atoms with Crippen molar-refractivity contribution in [2.45, 2.75) is 44.9 Å². The van der Waals surface area contributed by atoms with Crippen molar-refractivity contribution < 1.29 is 9.84 Å². The van der Waals surface area contributed by atoms with Gasteiger partial charge in [-0.25, -0.2) is 4.98 Å². The van der Waals surface area contributed by atoms with Crippen molar-refractivity contribution >= 4 is 11.8 Å². The first-order chi connectivity index (χ1) is 13.0. The summed E-state index contributed by atoms with van der Waals surface area (Å²) in [6.07, 6.45) is 2.45. The molecule has 1 N–H and O–H groups in total. The van der Waals surface area contributed by atoms with E-state index in [2.05, 4.69) is 39.6 Å². The number of aliphatic hydroxyl groups excluding tert-OH is 1. The van der Waals surface area contributed by atoms with Gasteiger partial charge in [0.15, 0.2) is 5.82 Å². The Morgan fingerprint density at radius 1 is 1.33 bits per heavy atom. The number of anilines is 2. The minimum absolute atomic E-state index is 0.294. The van der Waals surface area contributed by atoms with Crippen LogP contribution in [0.2, 0.25) is 0 Å². The molecule has 4 heterocycles. The van der Waals surface area contributed by atoms with E-state index >= 15 is 0 Å². The van der Waals surface area contributed by atoms with Crippen LogP contribution in [0.1, 0.15) is 43.7 Å². The zero-order valence-corrected chi connectivity index (χ0v) is 16.1. The molecule has 0 spiro atoms. The standard InChI is InChI=1S/C18H27N7O2/c1-12(2)25-11-19-22-17(25)9-23(3)16-6-15(13-4-5-27-10-13)20-18(21-16)24-7-14(26)8-24/h6,11-14,26H,4-5,7-10H2,1-3H3/t13-/m0/s1. The highest BCUT2D eigenvalue weighted by atomic mass is 16.5. The largest absolute Gasteiger partial charge is 0.389 e. The molecule has 0 aromatic carbocycles. The Morgan fingerprint density at radius 3 is 2.81 bits per heavy atom. The maximum Gasteiger partial charge on any atom is 0.227 e. The van der Waals surface area contributed by atoms with Crippen molar-refractivity contribution in [3.63, 3.8) is 0 Å². The number of β-amino-alcohol motifs (C(OH)–C–C–N with tert-alkyl or cyclic N) is 1. The van der Waals surface area contributed by atoms with E-state index in [1.165, 1.54) is 0 Å². The van der Waals surface area contributed by atoms with Crippen LogP contribution in [0.3, 0.4) is 0 Å². The van der Waals surface area contributed by atoms with Gasteiger partial charge >= 0.3 is 0 Å². The van der Waals surface area contributed by atoms with Crippen LogP contribution in [0, 0.1) is 0 Å². The lowest BCUT2D eigenvalue weighted by Gasteiger charge is -2.36. The van der Waals surface area contributed by atoms with Gasteiger partial charge in [-0.2, -0.15) is 4.98 Å². The second-order valence-electron chi connectivity index (χ2n) is 7.67. The van der Waals surface area contributed by atoms with Crippen LogP contribution in [0.25, 0.3) is 0 Å². The summed E-state index contributed by atoms with van der Waals surface area (Å²) >= 11 is 0. The predicted molar refractivity (Wildman–Crippen MR) is 101 cm³/mol. The first kappa shape index (κ1) is 18.1. The number of rotatable bonds is 6. The number of ether oxygens (including phenoxy) is 1. The van der Waals surface area contributed by atoms with E-state index in [9.17, 15) is 5.11 Å². The molecule has 2 aromatic heterocycles. The lowest BCUT2D eigenvalue weighted by Crippen LogP contribution is -2.51. The highest BCUT2D eigenvalue weighted by molar-refractivity contribution is 5.48. The first-order valence-corrected chi connectivity index (χ1v) is 9.50. The molecule has 2 saturated heterocycles. The third-order valence-electron chi connectivity index (χ3n) is 5.19. The molecule has 0 aliphatic carbocycles. The Bertz CT molecular complexity index is 782. The molecule has 2 aromatic rings. The Morgan fingerprint density at radius 2 is 2.15 bits per heavy atom. The minimum Gasteiger partial charge on any atom is -0.389 e. The molecule has 1 atom stereocenters. The van der Waals surface area contributed by atoms with Gasteiger partial charge in [-0.3, -0.25) is 0 Å². The van der Waals surface area contributed by atoms with Crippen LogP contribution in [-0.4, -0.2) is 69.3 Å². The van der Waals surface area contributed by atoms with Gasteiger partial charge in [0.25, 0.3) is 0 Å². The van der Waals surface area contributed by atoms with E-state index in [-0.39, 0.29) is 6.10 Å². The van der Waals surface area contributed by atoms with Gasteiger partial charge in [0.1, 0.15) is 12.1 Å². The molecule has 2 fully saturated rings. The molecule has 4 rings (SSSR count). The molecule has 0 radical (unpaired) electrons. The fraction of sp³-hybridized carbons (Fsp3) is 0.667. The zero-order valence-electron chi connectivity index (χ0n) is 16.1. The monoisotopic (exact) mass is 373 g/mol. The smallest absolute Gasteiger partial charge is 0.227 e. The van der Waals surface area contributed by atoms with Crippen molar-refractivity contribution in [3.8, 4) is 0 Å². The van der Waals surface area contributed by atoms with Crippen molar-refractivity contribution in [1.29, 1.82) is 0 Å².